The molecule has 0 amide bonds. The minimum atomic E-state index is -0.936. The van der Waals surface area contributed by atoms with Gasteiger partial charge in [0.2, 0.25) is 0 Å². The lowest BCUT2D eigenvalue weighted by molar-refractivity contribution is 0.0317. The molecule has 5 rings (SSSR count). The molecule has 0 aliphatic heterocycles. The van der Waals surface area contributed by atoms with Crippen molar-refractivity contribution in [3.8, 4) is 0 Å². The maximum atomic E-state index is 10.7. The summed E-state index contributed by atoms with van der Waals surface area (Å²) in [5.41, 5.74) is 10.5. The van der Waals surface area contributed by atoms with Crippen molar-refractivity contribution in [2.45, 2.75) is 38.0 Å². The molecule has 8 heteroatoms. The molecule has 148 valence electrons. The average Bonchev–Trinajstić information content (AvgIpc) is 3.39. The monoisotopic (exact) mass is 390 g/mol. The molecule has 4 aromatic rings. The first-order valence-corrected chi connectivity index (χ1v) is 9.59. The van der Waals surface area contributed by atoms with Crippen molar-refractivity contribution in [2.24, 2.45) is 0 Å². The molecule has 29 heavy (non-hydrogen) atoms. The summed E-state index contributed by atoms with van der Waals surface area (Å²) in [5.74, 6) is 0.399. The minimum absolute atomic E-state index is 0.399. The summed E-state index contributed by atoms with van der Waals surface area (Å²) >= 11 is 0. The first-order valence-electron chi connectivity index (χ1n) is 9.59. The number of nitrogens with two attached hydrogens (primary N) is 1. The Balaban J connectivity index is 1.40. The summed E-state index contributed by atoms with van der Waals surface area (Å²) < 4.78 is 3.88. The van der Waals surface area contributed by atoms with E-state index in [1.807, 2.05) is 46.6 Å². The van der Waals surface area contributed by atoms with E-state index >= 15 is 0 Å². The Morgan fingerprint density at radius 2 is 1.97 bits per heavy atom. The van der Waals surface area contributed by atoms with Gasteiger partial charge in [0.05, 0.1) is 11.4 Å². The van der Waals surface area contributed by atoms with E-state index in [4.69, 9.17) is 5.73 Å². The maximum Gasteiger partial charge on any atom is 0.146 e. The summed E-state index contributed by atoms with van der Waals surface area (Å²) in [7, 11) is 0. The lowest BCUT2D eigenvalue weighted by atomic mass is 10.0. The molecule has 4 heterocycles. The van der Waals surface area contributed by atoms with Gasteiger partial charge >= 0.3 is 0 Å². The zero-order chi connectivity index (χ0) is 20.1. The standard InChI is InChI=1S/C21H22N6O2/c1-12-10-23-17-8-13(4-6-26(12)17)2-3-14-9-16(19(29)18(14)28)27-7-5-15-20(22)24-11-25-21(15)27/h4-11,16,18-19,28-29H,2-3H2,1H3,(H2,22,24,25). The average molecular weight is 390 g/mol. The predicted molar refractivity (Wildman–Crippen MR) is 109 cm³/mol. The van der Waals surface area contributed by atoms with Gasteiger partial charge < -0.3 is 24.9 Å². The van der Waals surface area contributed by atoms with Crippen LogP contribution in [0.5, 0.6) is 0 Å². The van der Waals surface area contributed by atoms with Gasteiger partial charge in [0.1, 0.15) is 35.6 Å². The van der Waals surface area contributed by atoms with Gasteiger partial charge in [0.25, 0.3) is 0 Å². The van der Waals surface area contributed by atoms with E-state index in [0.29, 0.717) is 17.9 Å². The SMILES string of the molecule is Cc1cnc2cc(CCC3=CC(n4ccc5c(N)ncnc54)C(O)C3O)ccn12. The number of nitrogen functional groups attached to an aromatic ring is 1. The van der Waals surface area contributed by atoms with Crippen molar-refractivity contribution in [3.63, 3.8) is 0 Å². The van der Waals surface area contributed by atoms with Gasteiger partial charge in [-0.25, -0.2) is 15.0 Å². The number of pyridine rings is 1. The molecular weight excluding hydrogens is 368 g/mol. The lowest BCUT2D eigenvalue weighted by Gasteiger charge is -2.19. The fraction of sp³-hybridized carbons (Fsp3) is 0.286. The molecule has 4 N–H and O–H groups in total. The number of aromatic nitrogens is 5. The van der Waals surface area contributed by atoms with Gasteiger partial charge in [0, 0.05) is 24.3 Å². The van der Waals surface area contributed by atoms with Crippen LogP contribution < -0.4 is 5.73 Å². The number of aryl methyl sites for hydroxylation is 2. The van der Waals surface area contributed by atoms with Crippen LogP contribution in [0.25, 0.3) is 16.7 Å². The van der Waals surface area contributed by atoms with Crippen LogP contribution >= 0.6 is 0 Å². The highest BCUT2D eigenvalue weighted by molar-refractivity contribution is 5.86. The zero-order valence-corrected chi connectivity index (χ0v) is 16.0. The molecule has 0 spiro atoms. The predicted octanol–water partition coefficient (Wildman–Crippen LogP) is 1.81. The largest absolute Gasteiger partial charge is 0.388 e. The molecule has 0 radical (unpaired) electrons. The van der Waals surface area contributed by atoms with E-state index in [1.54, 1.807) is 0 Å². The molecule has 0 aromatic carbocycles. The number of anilines is 1. The third-order valence-electron chi connectivity index (χ3n) is 5.76. The van der Waals surface area contributed by atoms with Gasteiger partial charge in [0.15, 0.2) is 0 Å². The van der Waals surface area contributed by atoms with Crippen LogP contribution in [0.4, 0.5) is 5.82 Å². The molecule has 8 nitrogen and oxygen atoms in total. The molecule has 4 aromatic heterocycles. The van der Waals surface area contributed by atoms with Gasteiger partial charge in [-0.15, -0.1) is 0 Å². The number of aliphatic hydroxyl groups excluding tert-OH is 2. The van der Waals surface area contributed by atoms with Gasteiger partial charge in [-0.05, 0) is 49.1 Å². The van der Waals surface area contributed by atoms with E-state index < -0.39 is 18.2 Å². The molecule has 0 bridgehead atoms. The Morgan fingerprint density at radius 3 is 2.83 bits per heavy atom. The smallest absolute Gasteiger partial charge is 0.146 e. The molecule has 0 saturated carbocycles. The summed E-state index contributed by atoms with van der Waals surface area (Å²) in [5, 5.41) is 22.0. The Labute approximate surface area is 167 Å². The molecule has 3 unspecified atom stereocenters. The summed E-state index contributed by atoms with van der Waals surface area (Å²) in [4.78, 5) is 12.7. The lowest BCUT2D eigenvalue weighted by Crippen LogP contribution is -2.29. The van der Waals surface area contributed by atoms with Gasteiger partial charge in [-0.1, -0.05) is 6.08 Å². The molecule has 0 fully saturated rings. The molecule has 1 aliphatic carbocycles. The third-order valence-corrected chi connectivity index (χ3v) is 5.76. The van der Waals surface area contributed by atoms with E-state index in [0.717, 1.165) is 34.3 Å². The first-order chi connectivity index (χ1) is 14.0. The van der Waals surface area contributed by atoms with E-state index in [-0.39, 0.29) is 0 Å². The Morgan fingerprint density at radius 1 is 1.10 bits per heavy atom. The van der Waals surface area contributed by atoms with Crippen molar-refractivity contribution < 1.29 is 10.2 Å². The Kier molecular flexibility index (Phi) is 4.11. The summed E-state index contributed by atoms with van der Waals surface area (Å²) in [6.45, 7) is 2.02. The topological polar surface area (TPSA) is 114 Å². The van der Waals surface area contributed by atoms with Crippen molar-refractivity contribution in [3.05, 3.63) is 66.0 Å². The third kappa shape index (κ3) is 2.88. The van der Waals surface area contributed by atoms with Crippen LogP contribution in [-0.2, 0) is 6.42 Å². The van der Waals surface area contributed by atoms with E-state index in [2.05, 4.69) is 27.1 Å². The summed E-state index contributed by atoms with van der Waals surface area (Å²) in [6, 6.07) is 5.56. The number of imidazole rings is 1. The fourth-order valence-corrected chi connectivity index (χ4v) is 4.12. The molecular formula is C21H22N6O2. The van der Waals surface area contributed by atoms with Crippen molar-refractivity contribution >= 4 is 22.5 Å². The number of rotatable bonds is 4. The van der Waals surface area contributed by atoms with Crippen LogP contribution in [0.2, 0.25) is 0 Å². The van der Waals surface area contributed by atoms with Gasteiger partial charge in [-0.2, -0.15) is 0 Å². The van der Waals surface area contributed by atoms with Crippen LogP contribution in [0.3, 0.4) is 0 Å². The quantitative estimate of drug-likeness (QED) is 0.458. The summed E-state index contributed by atoms with van der Waals surface area (Å²) in [6.07, 6.45) is 8.59. The maximum absolute atomic E-state index is 10.7. The Hall–Kier alpha value is -3.23. The van der Waals surface area contributed by atoms with Crippen molar-refractivity contribution in [1.82, 2.24) is 23.9 Å². The Bertz CT molecular complexity index is 1240. The fourth-order valence-electron chi connectivity index (χ4n) is 4.12. The highest BCUT2D eigenvalue weighted by Crippen LogP contribution is 2.34. The van der Waals surface area contributed by atoms with E-state index in [9.17, 15) is 10.2 Å². The van der Waals surface area contributed by atoms with Crippen LogP contribution in [0.1, 0.15) is 23.7 Å². The van der Waals surface area contributed by atoms with Gasteiger partial charge in [-0.3, -0.25) is 0 Å². The number of nitrogens with zero attached hydrogens (tertiary/aromatic N) is 5. The minimum Gasteiger partial charge on any atom is -0.388 e. The molecule has 1 aliphatic rings. The zero-order valence-electron chi connectivity index (χ0n) is 16.0. The second-order valence-corrected chi connectivity index (χ2v) is 7.55. The molecule has 3 atom stereocenters. The van der Waals surface area contributed by atoms with Crippen LogP contribution in [0.15, 0.2) is 54.8 Å². The number of aliphatic hydroxyl groups is 2. The van der Waals surface area contributed by atoms with Crippen molar-refractivity contribution in [2.75, 3.05) is 5.73 Å². The molecule has 0 saturated heterocycles. The second kappa shape index (κ2) is 6.68. The normalized spacial score (nSPS) is 21.9. The highest BCUT2D eigenvalue weighted by Gasteiger charge is 2.36. The first kappa shape index (κ1) is 17.8. The van der Waals surface area contributed by atoms with E-state index in [1.165, 1.54) is 6.33 Å². The van der Waals surface area contributed by atoms with Crippen LogP contribution in [-0.4, -0.2) is 46.3 Å². The van der Waals surface area contributed by atoms with Crippen molar-refractivity contribution in [1.29, 1.82) is 0 Å². The second-order valence-electron chi connectivity index (χ2n) is 7.55. The highest BCUT2D eigenvalue weighted by atomic mass is 16.3. The number of hydrogen-bond acceptors (Lipinski definition) is 6. The van der Waals surface area contributed by atoms with Crippen LogP contribution in [0, 0.1) is 6.92 Å². The number of hydrogen-bond donors (Lipinski definition) is 3. The number of fused-ring (bicyclic) bond motifs is 2.